The Kier molecular flexibility index (Phi) is 5.72. The monoisotopic (exact) mass is 306 g/mol. The van der Waals surface area contributed by atoms with Crippen LogP contribution in [0.4, 0.5) is 0 Å². The van der Waals surface area contributed by atoms with Crippen molar-refractivity contribution in [3.05, 3.63) is 36.5 Å². The van der Waals surface area contributed by atoms with E-state index in [1.165, 1.54) is 12.2 Å². The predicted octanol–water partition coefficient (Wildman–Crippen LogP) is 1.66. The highest BCUT2D eigenvalue weighted by Crippen LogP contribution is 2.28. The van der Waals surface area contributed by atoms with Gasteiger partial charge in [-0.15, -0.1) is 0 Å². The van der Waals surface area contributed by atoms with Gasteiger partial charge in [-0.25, -0.2) is 0 Å². The molecule has 2 heterocycles. The molecular formula is C15H18N2O3S. The van der Waals surface area contributed by atoms with Gasteiger partial charge in [-0.05, 0) is 12.5 Å². The van der Waals surface area contributed by atoms with Crippen LogP contribution in [0.15, 0.2) is 36.5 Å². The van der Waals surface area contributed by atoms with Crippen molar-refractivity contribution >= 4 is 34.9 Å². The van der Waals surface area contributed by atoms with E-state index in [4.69, 9.17) is 12.2 Å². The zero-order chi connectivity index (χ0) is 16.2. The molecule has 2 saturated heterocycles. The van der Waals surface area contributed by atoms with Gasteiger partial charge in [-0.3, -0.25) is 19.3 Å². The zero-order valence-electron chi connectivity index (χ0n) is 12.1. The van der Waals surface area contributed by atoms with Crippen LogP contribution >= 0.6 is 12.2 Å². The van der Waals surface area contributed by atoms with Gasteiger partial charge in [0.2, 0.25) is 5.91 Å². The number of carbonyl (C=O) groups excluding carboxylic acids is 3. The van der Waals surface area contributed by atoms with Crippen molar-refractivity contribution in [1.82, 2.24) is 10.2 Å². The number of rotatable bonds is 2. The minimum atomic E-state index is -0.583. The lowest BCUT2D eigenvalue weighted by Crippen LogP contribution is -2.53. The quantitative estimate of drug-likeness (QED) is 0.479. The van der Waals surface area contributed by atoms with Crippen LogP contribution in [0.1, 0.15) is 26.7 Å². The Hall–Kier alpha value is -2.08. The zero-order valence-corrected chi connectivity index (χ0v) is 13.0. The predicted molar refractivity (Wildman–Crippen MR) is 84.4 cm³/mol. The number of carbonyl (C=O) groups is 3. The topological polar surface area (TPSA) is 66.5 Å². The standard InChI is InChI=1S/C13H12N2O3S.C2H6/c1-3-4-8-7(2)12(17)15(13(8)18)9-5-6-10(16)14-11(9)19;1-2/h3-4,9H,1-2,5-6H2,(H,14,16,19);1-2H3/b8-4+;. The van der Waals surface area contributed by atoms with E-state index >= 15 is 0 Å². The molecule has 6 heteroatoms. The second kappa shape index (κ2) is 7.08. The molecule has 2 aliphatic rings. The SMILES string of the molecule is C=C/C=C1\C(=C)C(=O)N(C2CCC(=O)NC2=S)C1=O.CC. The molecule has 2 rings (SSSR count). The molecule has 2 aliphatic heterocycles. The van der Waals surface area contributed by atoms with Gasteiger partial charge < -0.3 is 5.32 Å². The number of imide groups is 1. The Bertz CT molecular complexity index is 563. The van der Waals surface area contributed by atoms with Gasteiger partial charge >= 0.3 is 0 Å². The molecule has 1 atom stereocenters. The van der Waals surface area contributed by atoms with Crippen LogP contribution < -0.4 is 5.32 Å². The van der Waals surface area contributed by atoms with Gasteiger partial charge in [0.15, 0.2) is 0 Å². The lowest BCUT2D eigenvalue weighted by atomic mass is 10.1. The molecule has 1 N–H and O–H groups in total. The van der Waals surface area contributed by atoms with Gasteiger partial charge in [0.1, 0.15) is 4.99 Å². The fourth-order valence-electron chi connectivity index (χ4n) is 2.11. The first kappa shape index (κ1) is 17.0. The smallest absolute Gasteiger partial charge is 0.262 e. The highest BCUT2D eigenvalue weighted by molar-refractivity contribution is 7.80. The first-order valence-corrected chi connectivity index (χ1v) is 7.11. The Labute approximate surface area is 129 Å². The van der Waals surface area contributed by atoms with E-state index < -0.39 is 17.9 Å². The average molecular weight is 306 g/mol. The number of likely N-dealkylation sites (tertiary alicyclic amines) is 1. The molecule has 0 aromatic heterocycles. The normalized spacial score (nSPS) is 23.9. The molecule has 1 unspecified atom stereocenters. The van der Waals surface area contributed by atoms with Crippen molar-refractivity contribution in [3.63, 3.8) is 0 Å². The maximum absolute atomic E-state index is 12.2. The molecule has 0 bridgehead atoms. The average Bonchev–Trinajstić information content (AvgIpc) is 2.67. The maximum Gasteiger partial charge on any atom is 0.262 e. The summed E-state index contributed by atoms with van der Waals surface area (Å²) in [7, 11) is 0. The minimum Gasteiger partial charge on any atom is -0.319 e. The summed E-state index contributed by atoms with van der Waals surface area (Å²) >= 11 is 5.04. The van der Waals surface area contributed by atoms with Crippen LogP contribution in [-0.4, -0.2) is 33.7 Å². The number of piperidine rings is 1. The molecule has 21 heavy (non-hydrogen) atoms. The number of amides is 3. The van der Waals surface area contributed by atoms with Gasteiger partial charge in [-0.2, -0.15) is 0 Å². The number of thiocarbonyl (C=S) groups is 1. The molecule has 112 valence electrons. The van der Waals surface area contributed by atoms with Crippen LogP contribution in [0.2, 0.25) is 0 Å². The molecule has 0 aromatic carbocycles. The molecule has 0 aromatic rings. The van der Waals surface area contributed by atoms with Gasteiger partial charge in [0.25, 0.3) is 11.8 Å². The van der Waals surface area contributed by atoms with Crippen molar-refractivity contribution in [1.29, 1.82) is 0 Å². The summed E-state index contributed by atoms with van der Waals surface area (Å²) in [5, 5.41) is 2.49. The highest BCUT2D eigenvalue weighted by Gasteiger charge is 2.44. The maximum atomic E-state index is 12.2. The number of nitrogens with zero attached hydrogens (tertiary/aromatic N) is 1. The summed E-state index contributed by atoms with van der Waals surface area (Å²) in [6.45, 7) is 11.1. The second-order valence-corrected chi connectivity index (χ2v) is 4.68. The number of hydrogen-bond acceptors (Lipinski definition) is 4. The van der Waals surface area contributed by atoms with Crippen molar-refractivity contribution in [3.8, 4) is 0 Å². The number of hydrogen-bond donors (Lipinski definition) is 1. The van der Waals surface area contributed by atoms with Crippen LogP contribution in [0.5, 0.6) is 0 Å². The summed E-state index contributed by atoms with van der Waals surface area (Å²) in [4.78, 5) is 36.8. The summed E-state index contributed by atoms with van der Waals surface area (Å²) in [6.07, 6.45) is 3.45. The third-order valence-electron chi connectivity index (χ3n) is 3.06. The Morgan fingerprint density at radius 1 is 1.29 bits per heavy atom. The lowest BCUT2D eigenvalue weighted by Gasteiger charge is -2.29. The summed E-state index contributed by atoms with van der Waals surface area (Å²) in [6, 6.07) is -0.583. The van der Waals surface area contributed by atoms with E-state index in [1.807, 2.05) is 13.8 Å². The lowest BCUT2D eigenvalue weighted by molar-refractivity contribution is -0.139. The number of nitrogens with one attached hydrogen (secondary N) is 1. The van der Waals surface area contributed by atoms with Crippen molar-refractivity contribution < 1.29 is 14.4 Å². The first-order valence-electron chi connectivity index (χ1n) is 6.71. The fourth-order valence-corrected chi connectivity index (χ4v) is 2.45. The Balaban J connectivity index is 0.00000106. The van der Waals surface area contributed by atoms with Crippen LogP contribution in [-0.2, 0) is 14.4 Å². The fraction of sp³-hybridized carbons (Fsp3) is 0.333. The highest BCUT2D eigenvalue weighted by atomic mass is 32.1. The first-order chi connectivity index (χ1) is 9.97. The molecule has 0 aliphatic carbocycles. The van der Waals surface area contributed by atoms with Crippen LogP contribution in [0.3, 0.4) is 0 Å². The van der Waals surface area contributed by atoms with Crippen molar-refractivity contribution in [2.75, 3.05) is 0 Å². The Morgan fingerprint density at radius 3 is 2.43 bits per heavy atom. The largest absolute Gasteiger partial charge is 0.319 e. The van der Waals surface area contributed by atoms with E-state index in [2.05, 4.69) is 18.5 Å². The van der Waals surface area contributed by atoms with Crippen molar-refractivity contribution in [2.24, 2.45) is 0 Å². The molecule has 0 spiro atoms. The Morgan fingerprint density at radius 2 is 1.90 bits per heavy atom. The molecule has 0 saturated carbocycles. The summed E-state index contributed by atoms with van der Waals surface area (Å²) < 4.78 is 0. The van der Waals surface area contributed by atoms with Gasteiger partial charge in [-0.1, -0.05) is 45.3 Å². The third kappa shape index (κ3) is 3.16. The molecule has 0 radical (unpaired) electrons. The summed E-state index contributed by atoms with van der Waals surface area (Å²) in [5.74, 6) is -1.11. The molecule has 2 fully saturated rings. The van der Waals surface area contributed by atoms with Gasteiger partial charge in [0, 0.05) is 12.0 Å². The van der Waals surface area contributed by atoms with Crippen molar-refractivity contribution in [2.45, 2.75) is 32.7 Å². The van der Waals surface area contributed by atoms with E-state index in [0.29, 0.717) is 6.42 Å². The van der Waals surface area contributed by atoms with E-state index in [-0.39, 0.29) is 28.5 Å². The number of allylic oxidation sites excluding steroid dienone is 2. The van der Waals surface area contributed by atoms with Gasteiger partial charge in [0.05, 0.1) is 11.6 Å². The minimum absolute atomic E-state index is 0.129. The second-order valence-electron chi connectivity index (χ2n) is 4.24. The molecule has 5 nitrogen and oxygen atoms in total. The van der Waals surface area contributed by atoms with E-state index in [1.54, 1.807) is 0 Å². The molecule has 3 amide bonds. The third-order valence-corrected chi connectivity index (χ3v) is 3.43. The molecular weight excluding hydrogens is 288 g/mol. The van der Waals surface area contributed by atoms with Crippen LogP contribution in [0, 0.1) is 0 Å². The van der Waals surface area contributed by atoms with E-state index in [9.17, 15) is 14.4 Å². The summed E-state index contributed by atoms with van der Waals surface area (Å²) in [5.41, 5.74) is 0.351. The van der Waals surface area contributed by atoms with E-state index in [0.717, 1.165) is 4.90 Å². The van der Waals surface area contributed by atoms with Crippen LogP contribution in [0.25, 0.3) is 0 Å².